The van der Waals surface area contributed by atoms with Crippen LogP contribution >= 0.6 is 0 Å². The van der Waals surface area contributed by atoms with Crippen LogP contribution in [0.3, 0.4) is 0 Å². The van der Waals surface area contributed by atoms with Crippen molar-refractivity contribution in [2.75, 3.05) is 6.61 Å². The first kappa shape index (κ1) is 21.7. The molecule has 0 amide bonds. The van der Waals surface area contributed by atoms with E-state index in [0.29, 0.717) is 6.61 Å². The molecule has 1 N–H and O–H groups in total. The summed E-state index contributed by atoms with van der Waals surface area (Å²) in [7, 11) is -2.68. The van der Waals surface area contributed by atoms with Gasteiger partial charge >= 0.3 is 0 Å². The van der Waals surface area contributed by atoms with Crippen molar-refractivity contribution in [3.63, 3.8) is 0 Å². The lowest BCUT2D eigenvalue weighted by Gasteiger charge is -2.43. The van der Waals surface area contributed by atoms with Gasteiger partial charge in [0.2, 0.25) is 0 Å². The lowest BCUT2D eigenvalue weighted by molar-refractivity contribution is -0.222. The third-order valence-corrected chi connectivity index (χ3v) is 11.0. The molecule has 2 aromatic rings. The largest absolute Gasteiger partial charge is 0.405 e. The Bertz CT molecular complexity index is 809. The van der Waals surface area contributed by atoms with Crippen LogP contribution in [0.25, 0.3) is 0 Å². The SMILES string of the molecule is CC1(C)OC2C(CO[Si](c3ccccc3)(c3ccccc3)C(C)(C)C)OC(O)[C@@H]2O1. The van der Waals surface area contributed by atoms with Gasteiger partial charge in [0, 0.05) is 0 Å². The van der Waals surface area contributed by atoms with E-state index in [2.05, 4.69) is 69.3 Å². The third kappa shape index (κ3) is 3.77. The molecule has 0 radical (unpaired) electrons. The van der Waals surface area contributed by atoms with Gasteiger partial charge in [-0.05, 0) is 29.3 Å². The predicted octanol–water partition coefficient (Wildman–Crippen LogP) is 2.80. The minimum atomic E-state index is -2.68. The van der Waals surface area contributed by atoms with Gasteiger partial charge in [-0.1, -0.05) is 81.4 Å². The summed E-state index contributed by atoms with van der Waals surface area (Å²) in [6.45, 7) is 10.8. The summed E-state index contributed by atoms with van der Waals surface area (Å²) in [6.07, 6.45) is -2.25. The van der Waals surface area contributed by atoms with Crippen LogP contribution < -0.4 is 10.4 Å². The van der Waals surface area contributed by atoms with E-state index in [4.69, 9.17) is 18.6 Å². The summed E-state index contributed by atoms with van der Waals surface area (Å²) in [5.41, 5.74) is 0. The molecule has 2 saturated heterocycles. The van der Waals surface area contributed by atoms with Crippen LogP contribution in [0.4, 0.5) is 0 Å². The topological polar surface area (TPSA) is 57.2 Å². The van der Waals surface area contributed by atoms with Crippen LogP contribution in [0.1, 0.15) is 34.6 Å². The highest BCUT2D eigenvalue weighted by atomic mass is 28.4. The van der Waals surface area contributed by atoms with Gasteiger partial charge in [-0.2, -0.15) is 0 Å². The van der Waals surface area contributed by atoms with Crippen LogP contribution in [0.15, 0.2) is 60.7 Å². The Morgan fingerprint density at radius 2 is 1.40 bits per heavy atom. The molecule has 2 aliphatic rings. The zero-order chi connectivity index (χ0) is 21.6. The highest BCUT2D eigenvalue weighted by Crippen LogP contribution is 2.40. The van der Waals surface area contributed by atoms with Crippen LogP contribution in [0.5, 0.6) is 0 Å². The van der Waals surface area contributed by atoms with Gasteiger partial charge in [-0.15, -0.1) is 0 Å². The Hall–Kier alpha value is -1.54. The van der Waals surface area contributed by atoms with Crippen molar-refractivity contribution >= 4 is 18.7 Å². The van der Waals surface area contributed by atoms with Crippen molar-refractivity contribution in [1.82, 2.24) is 0 Å². The zero-order valence-electron chi connectivity index (χ0n) is 18.4. The fourth-order valence-electron chi connectivity index (χ4n) is 4.76. The van der Waals surface area contributed by atoms with Crippen molar-refractivity contribution in [2.24, 2.45) is 0 Å². The standard InChI is InChI=1S/C24H32O5Si/c1-23(2,3)30(17-12-8-6-9-13-17,18-14-10-7-11-15-18)26-16-19-20-21(22(25)27-19)29-24(4,5)28-20/h6-15,19-22,25H,16H2,1-5H3/t19?,20?,21-,22?/m1/s1. The van der Waals surface area contributed by atoms with E-state index in [0.717, 1.165) is 0 Å². The molecule has 3 unspecified atom stereocenters. The molecule has 162 valence electrons. The van der Waals surface area contributed by atoms with Crippen molar-refractivity contribution in [3.05, 3.63) is 60.7 Å². The normalized spacial score (nSPS) is 28.5. The highest BCUT2D eigenvalue weighted by molar-refractivity contribution is 6.99. The molecule has 4 atom stereocenters. The monoisotopic (exact) mass is 428 g/mol. The maximum absolute atomic E-state index is 10.4. The Labute approximate surface area is 180 Å². The summed E-state index contributed by atoms with van der Waals surface area (Å²) >= 11 is 0. The van der Waals surface area contributed by atoms with E-state index >= 15 is 0 Å². The molecule has 4 rings (SSSR count). The molecule has 0 aliphatic carbocycles. The summed E-state index contributed by atoms with van der Waals surface area (Å²) in [5, 5.41) is 12.6. The highest BCUT2D eigenvalue weighted by Gasteiger charge is 2.56. The maximum Gasteiger partial charge on any atom is 0.261 e. The van der Waals surface area contributed by atoms with Crippen molar-refractivity contribution in [2.45, 2.75) is 70.0 Å². The second-order valence-electron chi connectivity index (χ2n) is 9.60. The minimum Gasteiger partial charge on any atom is -0.405 e. The molecule has 0 spiro atoms. The number of hydrogen-bond donors (Lipinski definition) is 1. The molecule has 0 aromatic heterocycles. The number of fused-ring (bicyclic) bond motifs is 1. The number of aliphatic hydroxyl groups is 1. The van der Waals surface area contributed by atoms with E-state index in [9.17, 15) is 5.11 Å². The van der Waals surface area contributed by atoms with Gasteiger partial charge in [-0.25, -0.2) is 0 Å². The van der Waals surface area contributed by atoms with Gasteiger partial charge in [0.05, 0.1) is 6.61 Å². The molecular weight excluding hydrogens is 396 g/mol. The lowest BCUT2D eigenvalue weighted by atomic mass is 10.1. The Balaban J connectivity index is 1.69. The summed E-state index contributed by atoms with van der Waals surface area (Å²) in [5.74, 6) is -0.740. The number of ether oxygens (including phenoxy) is 3. The van der Waals surface area contributed by atoms with E-state index < -0.39 is 32.6 Å². The van der Waals surface area contributed by atoms with Gasteiger partial charge in [0.15, 0.2) is 12.1 Å². The van der Waals surface area contributed by atoms with Crippen LogP contribution in [-0.4, -0.2) is 50.4 Å². The van der Waals surface area contributed by atoms with Crippen LogP contribution in [0.2, 0.25) is 5.04 Å². The average Bonchev–Trinajstić information content (AvgIpc) is 3.17. The first-order valence-electron chi connectivity index (χ1n) is 10.6. The van der Waals surface area contributed by atoms with Crippen molar-refractivity contribution in [1.29, 1.82) is 0 Å². The van der Waals surface area contributed by atoms with Gasteiger partial charge in [-0.3, -0.25) is 0 Å². The number of aliphatic hydroxyl groups excluding tert-OH is 1. The molecule has 2 fully saturated rings. The minimum absolute atomic E-state index is 0.126. The fraction of sp³-hybridized carbons (Fsp3) is 0.500. The fourth-order valence-corrected chi connectivity index (χ4v) is 9.33. The van der Waals surface area contributed by atoms with Gasteiger partial charge in [0.25, 0.3) is 8.32 Å². The Morgan fingerprint density at radius 1 is 0.900 bits per heavy atom. The smallest absolute Gasteiger partial charge is 0.261 e. The van der Waals surface area contributed by atoms with Gasteiger partial charge < -0.3 is 23.7 Å². The molecule has 2 aliphatic heterocycles. The quantitative estimate of drug-likeness (QED) is 0.742. The predicted molar refractivity (Wildman–Crippen MR) is 118 cm³/mol. The number of rotatable bonds is 5. The van der Waals surface area contributed by atoms with E-state index in [-0.39, 0.29) is 11.1 Å². The van der Waals surface area contributed by atoms with Crippen molar-refractivity contribution in [3.8, 4) is 0 Å². The second-order valence-corrected chi connectivity index (χ2v) is 13.9. The number of benzene rings is 2. The zero-order valence-corrected chi connectivity index (χ0v) is 19.4. The summed E-state index contributed by atoms with van der Waals surface area (Å²) in [6, 6.07) is 21.0. The maximum atomic E-state index is 10.4. The molecular formula is C24H32O5Si. The molecule has 6 heteroatoms. The number of hydrogen-bond acceptors (Lipinski definition) is 5. The average molecular weight is 429 g/mol. The first-order chi connectivity index (χ1) is 14.1. The Kier molecular flexibility index (Phi) is 5.68. The molecule has 0 saturated carbocycles. The second kappa shape index (κ2) is 7.86. The van der Waals surface area contributed by atoms with Gasteiger partial charge in [0.1, 0.15) is 18.3 Å². The lowest BCUT2D eigenvalue weighted by Crippen LogP contribution is -2.67. The van der Waals surface area contributed by atoms with E-state index in [1.807, 2.05) is 26.0 Å². The molecule has 2 aromatic carbocycles. The first-order valence-corrected chi connectivity index (χ1v) is 12.5. The van der Waals surface area contributed by atoms with Crippen LogP contribution in [0, 0.1) is 0 Å². The third-order valence-electron chi connectivity index (χ3n) is 6.01. The van der Waals surface area contributed by atoms with E-state index in [1.165, 1.54) is 10.4 Å². The molecule has 2 heterocycles. The van der Waals surface area contributed by atoms with Crippen LogP contribution in [-0.2, 0) is 18.6 Å². The summed E-state index contributed by atoms with van der Waals surface area (Å²) < 4.78 is 24.6. The molecule has 5 nitrogen and oxygen atoms in total. The van der Waals surface area contributed by atoms with E-state index in [1.54, 1.807) is 0 Å². The molecule has 0 bridgehead atoms. The summed E-state index contributed by atoms with van der Waals surface area (Å²) in [4.78, 5) is 0. The molecule has 30 heavy (non-hydrogen) atoms. The Morgan fingerprint density at radius 3 is 1.90 bits per heavy atom. The van der Waals surface area contributed by atoms with Crippen molar-refractivity contribution < 1.29 is 23.7 Å².